The Morgan fingerprint density at radius 1 is 1.07 bits per heavy atom. The average Bonchev–Trinajstić information content (AvgIpc) is 3.36. The highest BCUT2D eigenvalue weighted by molar-refractivity contribution is 7.19. The Balaban J connectivity index is 1.43. The van der Waals surface area contributed by atoms with Crippen LogP contribution in [0.4, 0.5) is 0 Å². The van der Waals surface area contributed by atoms with E-state index in [-0.39, 0.29) is 23.4 Å². The van der Waals surface area contributed by atoms with Crippen LogP contribution in [0.25, 0.3) is 10.4 Å². The van der Waals surface area contributed by atoms with Crippen LogP contribution in [0, 0.1) is 5.92 Å². The summed E-state index contributed by atoms with van der Waals surface area (Å²) in [6, 6.07) is 10.1. The number of piperidine rings is 1. The fourth-order valence-electron chi connectivity index (χ4n) is 3.58. The van der Waals surface area contributed by atoms with Gasteiger partial charge in [-0.15, -0.1) is 11.3 Å². The van der Waals surface area contributed by atoms with Gasteiger partial charge in [-0.05, 0) is 49.2 Å². The first-order chi connectivity index (χ1) is 13.5. The van der Waals surface area contributed by atoms with Crippen LogP contribution in [0.5, 0.6) is 5.75 Å². The molecule has 1 saturated heterocycles. The second-order valence-corrected chi connectivity index (χ2v) is 8.58. The molecule has 0 atom stereocenters. The van der Waals surface area contributed by atoms with Crippen LogP contribution in [0.15, 0.2) is 48.8 Å². The molecule has 0 bridgehead atoms. The van der Waals surface area contributed by atoms with E-state index in [1.807, 2.05) is 23.2 Å². The molecule has 1 aliphatic heterocycles. The second kappa shape index (κ2) is 7.81. The van der Waals surface area contributed by atoms with Crippen LogP contribution in [-0.2, 0) is 0 Å². The SMILES string of the molecule is O=C(c1ccc(O)cc1)C1CCN(C(=O)c2c[nH]cc2-c2ccc(Cl)s2)CC1. The molecule has 0 unspecified atom stereocenters. The van der Waals surface area contributed by atoms with Crippen molar-refractivity contribution in [2.75, 3.05) is 13.1 Å². The molecule has 1 fully saturated rings. The van der Waals surface area contributed by atoms with E-state index in [9.17, 15) is 14.7 Å². The van der Waals surface area contributed by atoms with E-state index in [2.05, 4.69) is 4.98 Å². The minimum atomic E-state index is -0.101. The van der Waals surface area contributed by atoms with Crippen molar-refractivity contribution in [3.05, 3.63) is 64.3 Å². The lowest BCUT2D eigenvalue weighted by atomic mass is 9.88. The van der Waals surface area contributed by atoms with E-state index >= 15 is 0 Å². The lowest BCUT2D eigenvalue weighted by Gasteiger charge is -2.31. The molecule has 1 aromatic carbocycles. The summed E-state index contributed by atoms with van der Waals surface area (Å²) in [7, 11) is 0. The molecule has 0 radical (unpaired) electrons. The van der Waals surface area contributed by atoms with E-state index in [4.69, 9.17) is 11.6 Å². The molecule has 0 spiro atoms. The first-order valence-corrected chi connectivity index (χ1v) is 10.3. The predicted octanol–water partition coefficient (Wildman–Crippen LogP) is 4.84. The van der Waals surface area contributed by atoms with E-state index in [0.29, 0.717) is 41.4 Å². The summed E-state index contributed by atoms with van der Waals surface area (Å²) in [5.74, 6) is 0.0839. The smallest absolute Gasteiger partial charge is 0.256 e. The Bertz CT molecular complexity index is 1000. The molecule has 4 rings (SSSR count). The number of aromatic nitrogens is 1. The molecule has 7 heteroatoms. The average molecular weight is 415 g/mol. The van der Waals surface area contributed by atoms with E-state index in [1.165, 1.54) is 23.5 Å². The number of benzene rings is 1. The molecule has 144 valence electrons. The number of aromatic amines is 1. The quantitative estimate of drug-likeness (QED) is 0.600. The maximum atomic E-state index is 13.0. The van der Waals surface area contributed by atoms with Crippen molar-refractivity contribution in [3.63, 3.8) is 0 Å². The highest BCUT2D eigenvalue weighted by Crippen LogP contribution is 2.34. The molecule has 2 aromatic heterocycles. The molecule has 5 nitrogen and oxygen atoms in total. The molecule has 0 aliphatic carbocycles. The van der Waals surface area contributed by atoms with Gasteiger partial charge in [0.05, 0.1) is 9.90 Å². The molecule has 3 heterocycles. The fourth-order valence-corrected chi connectivity index (χ4v) is 4.65. The van der Waals surface area contributed by atoms with Crippen molar-refractivity contribution >= 4 is 34.6 Å². The summed E-state index contributed by atoms with van der Waals surface area (Å²) in [5, 5.41) is 9.38. The van der Waals surface area contributed by atoms with E-state index in [1.54, 1.807) is 18.3 Å². The number of H-pyrrole nitrogens is 1. The highest BCUT2D eigenvalue weighted by atomic mass is 35.5. The fraction of sp³-hybridized carbons (Fsp3) is 0.238. The van der Waals surface area contributed by atoms with Gasteiger partial charge in [0.2, 0.25) is 0 Å². The third kappa shape index (κ3) is 3.70. The van der Waals surface area contributed by atoms with Gasteiger partial charge in [0, 0.05) is 47.4 Å². The number of carbonyl (C=O) groups is 2. The number of thiophene rings is 1. The molecule has 28 heavy (non-hydrogen) atoms. The number of phenols is 1. The van der Waals surface area contributed by atoms with Gasteiger partial charge >= 0.3 is 0 Å². The number of nitrogens with one attached hydrogen (secondary N) is 1. The maximum Gasteiger partial charge on any atom is 0.256 e. The minimum absolute atomic E-state index is 0.0312. The van der Waals surface area contributed by atoms with Gasteiger partial charge in [0.25, 0.3) is 5.91 Å². The zero-order valence-corrected chi connectivity index (χ0v) is 16.6. The molecule has 2 N–H and O–H groups in total. The van der Waals surface area contributed by atoms with Crippen molar-refractivity contribution in [2.24, 2.45) is 5.92 Å². The zero-order valence-electron chi connectivity index (χ0n) is 15.0. The Labute approximate surface area is 171 Å². The van der Waals surface area contributed by atoms with Crippen molar-refractivity contribution in [1.82, 2.24) is 9.88 Å². The van der Waals surface area contributed by atoms with Crippen LogP contribution < -0.4 is 0 Å². The van der Waals surface area contributed by atoms with Gasteiger partial charge in [-0.3, -0.25) is 9.59 Å². The largest absolute Gasteiger partial charge is 0.508 e. The number of aromatic hydroxyl groups is 1. The Kier molecular flexibility index (Phi) is 5.24. The number of hydrogen-bond acceptors (Lipinski definition) is 4. The number of Topliss-reactive ketones (excluding diaryl/α,β-unsaturated/α-hetero) is 1. The van der Waals surface area contributed by atoms with Gasteiger partial charge < -0.3 is 15.0 Å². The third-order valence-corrected chi connectivity index (χ3v) is 6.38. The molecule has 1 aliphatic rings. The first kappa shape index (κ1) is 18.8. The topological polar surface area (TPSA) is 73.4 Å². The first-order valence-electron chi connectivity index (χ1n) is 9.08. The third-order valence-electron chi connectivity index (χ3n) is 5.12. The van der Waals surface area contributed by atoms with Crippen LogP contribution >= 0.6 is 22.9 Å². The summed E-state index contributed by atoms with van der Waals surface area (Å²) < 4.78 is 0.683. The monoisotopic (exact) mass is 414 g/mol. The lowest BCUT2D eigenvalue weighted by molar-refractivity contribution is 0.0651. The van der Waals surface area contributed by atoms with Gasteiger partial charge in [-0.2, -0.15) is 0 Å². The van der Waals surface area contributed by atoms with E-state index < -0.39 is 0 Å². The molecular formula is C21H19ClN2O3S. The molecule has 3 aromatic rings. The number of amides is 1. The summed E-state index contributed by atoms with van der Waals surface area (Å²) in [4.78, 5) is 31.4. The molecular weight excluding hydrogens is 396 g/mol. The van der Waals surface area contributed by atoms with Crippen LogP contribution in [0.3, 0.4) is 0 Å². The standard InChI is InChI=1S/C21H19ClN2O3S/c22-19-6-5-18(28-19)16-11-23-12-17(16)21(27)24-9-7-14(8-10-24)20(26)13-1-3-15(25)4-2-13/h1-6,11-12,14,23,25H,7-10H2. The number of ketones is 1. The Morgan fingerprint density at radius 2 is 1.79 bits per heavy atom. The van der Waals surface area contributed by atoms with Crippen LogP contribution in [0.1, 0.15) is 33.6 Å². The number of nitrogens with zero attached hydrogens (tertiary/aromatic N) is 1. The van der Waals surface area contributed by atoms with E-state index in [0.717, 1.165) is 10.4 Å². The number of likely N-dealkylation sites (tertiary alicyclic amines) is 1. The Hall–Kier alpha value is -2.57. The Morgan fingerprint density at radius 3 is 2.43 bits per heavy atom. The predicted molar refractivity (Wildman–Crippen MR) is 110 cm³/mol. The van der Waals surface area contributed by atoms with Crippen molar-refractivity contribution in [1.29, 1.82) is 0 Å². The number of carbonyl (C=O) groups excluding carboxylic acids is 2. The summed E-state index contributed by atoms with van der Waals surface area (Å²) in [6.07, 6.45) is 4.81. The molecule has 0 saturated carbocycles. The van der Waals surface area contributed by atoms with Crippen molar-refractivity contribution in [3.8, 4) is 16.2 Å². The zero-order chi connectivity index (χ0) is 19.7. The van der Waals surface area contributed by atoms with Crippen LogP contribution in [-0.4, -0.2) is 39.8 Å². The number of hydrogen-bond donors (Lipinski definition) is 2. The number of halogens is 1. The van der Waals surface area contributed by atoms with Crippen molar-refractivity contribution < 1.29 is 14.7 Å². The van der Waals surface area contributed by atoms with Gasteiger partial charge in [-0.1, -0.05) is 11.6 Å². The van der Waals surface area contributed by atoms with Gasteiger partial charge in [-0.25, -0.2) is 0 Å². The van der Waals surface area contributed by atoms with Crippen LogP contribution in [0.2, 0.25) is 4.34 Å². The lowest BCUT2D eigenvalue weighted by Crippen LogP contribution is -2.40. The summed E-state index contributed by atoms with van der Waals surface area (Å²) in [6.45, 7) is 1.09. The molecule has 1 amide bonds. The summed E-state index contributed by atoms with van der Waals surface area (Å²) >= 11 is 7.47. The second-order valence-electron chi connectivity index (χ2n) is 6.86. The minimum Gasteiger partial charge on any atom is -0.508 e. The van der Waals surface area contributed by atoms with Crippen molar-refractivity contribution in [2.45, 2.75) is 12.8 Å². The number of rotatable bonds is 4. The normalized spacial score (nSPS) is 15.0. The van der Waals surface area contributed by atoms with Gasteiger partial charge in [0.15, 0.2) is 5.78 Å². The van der Waals surface area contributed by atoms with Gasteiger partial charge in [0.1, 0.15) is 5.75 Å². The maximum absolute atomic E-state index is 13.0. The highest BCUT2D eigenvalue weighted by Gasteiger charge is 2.29. The summed E-state index contributed by atoms with van der Waals surface area (Å²) in [5.41, 5.74) is 2.08. The number of phenolic OH excluding ortho intramolecular Hbond substituents is 1.